The zero-order valence-corrected chi connectivity index (χ0v) is 11.3. The van der Waals surface area contributed by atoms with E-state index in [1.54, 1.807) is 25.4 Å². The topological polar surface area (TPSA) is 54.1 Å². The molecule has 0 aliphatic carbocycles. The van der Waals surface area contributed by atoms with Crippen molar-refractivity contribution in [2.24, 2.45) is 0 Å². The second-order valence-corrected chi connectivity index (χ2v) is 4.32. The summed E-state index contributed by atoms with van der Waals surface area (Å²) in [6, 6.07) is 11.0. The van der Waals surface area contributed by atoms with Crippen LogP contribution in [0.4, 0.5) is 0 Å². The number of methoxy groups -OCH3 is 1. The molecule has 0 radical (unpaired) electrons. The fourth-order valence-corrected chi connectivity index (χ4v) is 1.95. The largest absolute Gasteiger partial charge is 0.496 e. The van der Waals surface area contributed by atoms with Gasteiger partial charge in [-0.15, -0.1) is 0 Å². The first-order valence-electron chi connectivity index (χ1n) is 5.80. The predicted octanol–water partition coefficient (Wildman–Crippen LogP) is 2.68. The molecule has 98 valence electrons. The van der Waals surface area contributed by atoms with Crippen LogP contribution in [0.1, 0.15) is 15.9 Å². The van der Waals surface area contributed by atoms with Crippen LogP contribution in [0, 0.1) is 4.64 Å². The number of hydrogen-bond acceptors (Lipinski definition) is 3. The summed E-state index contributed by atoms with van der Waals surface area (Å²) in [4.78, 5) is 14.8. The molecule has 0 spiro atoms. The highest BCUT2D eigenvalue weighted by Crippen LogP contribution is 2.16. The lowest BCUT2D eigenvalue weighted by molar-refractivity contribution is 0.0950. The summed E-state index contributed by atoms with van der Waals surface area (Å²) < 4.78 is 5.66. The van der Waals surface area contributed by atoms with Crippen LogP contribution in [0.2, 0.25) is 0 Å². The average molecular weight is 274 g/mol. The van der Waals surface area contributed by atoms with Crippen molar-refractivity contribution in [2.75, 3.05) is 7.11 Å². The molecule has 0 aliphatic heterocycles. The van der Waals surface area contributed by atoms with E-state index in [1.807, 2.05) is 24.3 Å². The third-order valence-corrected chi connectivity index (χ3v) is 3.03. The molecule has 1 amide bonds. The second kappa shape index (κ2) is 6.15. The Morgan fingerprint density at radius 3 is 2.84 bits per heavy atom. The number of ether oxygens (including phenoxy) is 1. The first-order chi connectivity index (χ1) is 9.22. The molecule has 2 rings (SSSR count). The van der Waals surface area contributed by atoms with Crippen LogP contribution in [-0.4, -0.2) is 18.0 Å². The first kappa shape index (κ1) is 13.3. The van der Waals surface area contributed by atoms with Crippen LogP contribution >= 0.6 is 12.2 Å². The third kappa shape index (κ3) is 3.20. The Kier molecular flexibility index (Phi) is 4.30. The molecule has 5 heteroatoms. The Morgan fingerprint density at radius 1 is 1.32 bits per heavy atom. The number of para-hydroxylation sites is 1. The summed E-state index contributed by atoms with van der Waals surface area (Å²) in [6.07, 6.45) is 1.69. The second-order valence-electron chi connectivity index (χ2n) is 3.91. The van der Waals surface area contributed by atoms with Gasteiger partial charge in [0.1, 0.15) is 10.4 Å². The first-order valence-corrected chi connectivity index (χ1v) is 6.21. The van der Waals surface area contributed by atoms with Crippen molar-refractivity contribution in [3.05, 3.63) is 58.4 Å². The number of rotatable bonds is 4. The molecule has 0 saturated carbocycles. The number of pyridine rings is 1. The van der Waals surface area contributed by atoms with E-state index in [0.29, 0.717) is 16.7 Å². The average Bonchev–Trinajstić information content (AvgIpc) is 2.45. The van der Waals surface area contributed by atoms with Crippen molar-refractivity contribution in [1.82, 2.24) is 10.3 Å². The van der Waals surface area contributed by atoms with Gasteiger partial charge in [-0.1, -0.05) is 30.4 Å². The minimum absolute atomic E-state index is 0.201. The van der Waals surface area contributed by atoms with E-state index >= 15 is 0 Å². The Morgan fingerprint density at radius 2 is 2.11 bits per heavy atom. The highest BCUT2D eigenvalue weighted by Gasteiger charge is 2.08. The molecular weight excluding hydrogens is 260 g/mol. The molecule has 1 aromatic heterocycles. The van der Waals surface area contributed by atoms with Gasteiger partial charge in [-0.2, -0.15) is 0 Å². The number of hydrogen-bond donors (Lipinski definition) is 2. The molecule has 0 fully saturated rings. The number of amides is 1. The fraction of sp³-hybridized carbons (Fsp3) is 0.143. The van der Waals surface area contributed by atoms with Gasteiger partial charge in [0, 0.05) is 18.3 Å². The molecule has 0 aliphatic rings. The smallest absolute Gasteiger partial charge is 0.254 e. The zero-order chi connectivity index (χ0) is 13.7. The molecule has 19 heavy (non-hydrogen) atoms. The summed E-state index contributed by atoms with van der Waals surface area (Å²) in [5.74, 6) is 0.550. The predicted molar refractivity (Wildman–Crippen MR) is 75.8 cm³/mol. The normalized spacial score (nSPS) is 9.95. The van der Waals surface area contributed by atoms with E-state index in [9.17, 15) is 4.79 Å². The van der Waals surface area contributed by atoms with Crippen molar-refractivity contribution in [1.29, 1.82) is 0 Å². The van der Waals surface area contributed by atoms with Crippen LogP contribution < -0.4 is 10.1 Å². The fourth-order valence-electron chi connectivity index (χ4n) is 1.72. The van der Waals surface area contributed by atoms with Crippen LogP contribution in [-0.2, 0) is 6.54 Å². The molecule has 1 aromatic carbocycles. The van der Waals surface area contributed by atoms with Gasteiger partial charge in [-0.25, -0.2) is 0 Å². The van der Waals surface area contributed by atoms with E-state index in [-0.39, 0.29) is 5.91 Å². The lowest BCUT2D eigenvalue weighted by Crippen LogP contribution is -2.23. The van der Waals surface area contributed by atoms with Gasteiger partial charge in [-0.3, -0.25) is 4.79 Å². The highest BCUT2D eigenvalue weighted by molar-refractivity contribution is 7.71. The number of nitrogens with one attached hydrogen (secondary N) is 2. The molecule has 2 aromatic rings. The number of aromatic amines is 1. The Bertz CT molecular complexity index is 637. The minimum atomic E-state index is -0.201. The molecule has 0 unspecified atom stereocenters. The van der Waals surface area contributed by atoms with Crippen molar-refractivity contribution >= 4 is 18.1 Å². The highest BCUT2D eigenvalue weighted by atomic mass is 32.1. The number of carbonyl (C=O) groups is 1. The quantitative estimate of drug-likeness (QED) is 0.843. The van der Waals surface area contributed by atoms with Gasteiger partial charge in [0.25, 0.3) is 5.91 Å². The van der Waals surface area contributed by atoms with Gasteiger partial charge in [-0.05, 0) is 18.2 Å². The lowest BCUT2D eigenvalue weighted by Gasteiger charge is -2.09. The molecule has 0 saturated heterocycles. The van der Waals surface area contributed by atoms with E-state index in [0.717, 1.165) is 11.3 Å². The van der Waals surface area contributed by atoms with Crippen molar-refractivity contribution in [3.8, 4) is 5.75 Å². The van der Waals surface area contributed by atoms with E-state index in [4.69, 9.17) is 17.0 Å². The van der Waals surface area contributed by atoms with Gasteiger partial charge in [0.2, 0.25) is 0 Å². The van der Waals surface area contributed by atoms with Gasteiger partial charge < -0.3 is 15.0 Å². The summed E-state index contributed by atoms with van der Waals surface area (Å²) in [5, 5.41) is 2.83. The van der Waals surface area contributed by atoms with Crippen LogP contribution in [0.15, 0.2) is 42.6 Å². The molecule has 4 nitrogen and oxygen atoms in total. The monoisotopic (exact) mass is 274 g/mol. The molecule has 0 atom stereocenters. The Balaban J connectivity index is 2.09. The third-order valence-electron chi connectivity index (χ3n) is 2.69. The van der Waals surface area contributed by atoms with E-state index in [2.05, 4.69) is 10.3 Å². The SMILES string of the molecule is COc1ccccc1CNC(=O)c1ccc[nH]c1=S. The maximum Gasteiger partial charge on any atom is 0.254 e. The van der Waals surface area contributed by atoms with Crippen molar-refractivity contribution in [2.45, 2.75) is 6.54 Å². The van der Waals surface area contributed by atoms with Crippen LogP contribution in [0.5, 0.6) is 5.75 Å². The van der Waals surface area contributed by atoms with Crippen LogP contribution in [0.3, 0.4) is 0 Å². The number of benzene rings is 1. The summed E-state index contributed by atoms with van der Waals surface area (Å²) in [6.45, 7) is 0.395. The van der Waals surface area contributed by atoms with Gasteiger partial charge >= 0.3 is 0 Å². The lowest BCUT2D eigenvalue weighted by atomic mass is 10.2. The summed E-state index contributed by atoms with van der Waals surface area (Å²) in [5.41, 5.74) is 1.39. The number of carbonyl (C=O) groups excluding carboxylic acids is 1. The number of H-pyrrole nitrogens is 1. The maximum absolute atomic E-state index is 12.0. The van der Waals surface area contributed by atoms with Crippen LogP contribution in [0.25, 0.3) is 0 Å². The van der Waals surface area contributed by atoms with Gasteiger partial charge in [0.05, 0.1) is 12.7 Å². The van der Waals surface area contributed by atoms with Gasteiger partial charge in [0.15, 0.2) is 0 Å². The molecule has 0 bridgehead atoms. The van der Waals surface area contributed by atoms with Crippen molar-refractivity contribution in [3.63, 3.8) is 0 Å². The molecular formula is C14H14N2O2S. The zero-order valence-electron chi connectivity index (χ0n) is 10.5. The maximum atomic E-state index is 12.0. The van der Waals surface area contributed by atoms with E-state index < -0.39 is 0 Å². The Labute approximate surface area is 116 Å². The standard InChI is InChI=1S/C14H14N2O2S/c1-18-12-7-3-2-5-10(12)9-16-13(17)11-6-4-8-15-14(11)19/h2-8H,9H2,1H3,(H,15,19)(H,16,17). The Hall–Kier alpha value is -2.14. The molecule has 1 heterocycles. The summed E-state index contributed by atoms with van der Waals surface area (Å²) in [7, 11) is 1.61. The van der Waals surface area contributed by atoms with Crippen molar-refractivity contribution < 1.29 is 9.53 Å². The van der Waals surface area contributed by atoms with E-state index in [1.165, 1.54) is 0 Å². The minimum Gasteiger partial charge on any atom is -0.496 e. The molecule has 2 N–H and O–H groups in total. The number of aromatic nitrogens is 1. The summed E-state index contributed by atoms with van der Waals surface area (Å²) >= 11 is 5.07.